The summed E-state index contributed by atoms with van der Waals surface area (Å²) >= 11 is 8.41. The molecule has 3 atom stereocenters. The van der Waals surface area contributed by atoms with Crippen LogP contribution in [0.25, 0.3) is 5.69 Å². The average molecular weight is 394 g/mol. The lowest BCUT2D eigenvalue weighted by atomic mass is 9.92. The molecule has 2 heterocycles. The van der Waals surface area contributed by atoms with Gasteiger partial charge in [-0.25, -0.2) is 4.68 Å². The highest BCUT2D eigenvalue weighted by Gasteiger charge is 2.29. The summed E-state index contributed by atoms with van der Waals surface area (Å²) in [5.74, 6) is 1.35. The van der Waals surface area contributed by atoms with E-state index in [2.05, 4.69) is 18.9 Å². The van der Waals surface area contributed by atoms with Crippen LogP contribution in [0.15, 0.2) is 34.7 Å². The highest BCUT2D eigenvalue weighted by molar-refractivity contribution is 8.02. The highest BCUT2D eigenvalue weighted by Crippen LogP contribution is 2.30. The smallest absolute Gasteiger partial charge is 0.235 e. The first-order chi connectivity index (χ1) is 11.9. The summed E-state index contributed by atoms with van der Waals surface area (Å²) in [5.41, 5.74) is 0.952. The molecule has 0 radical (unpaired) electrons. The molecule has 4 nitrogen and oxygen atoms in total. The number of rotatable bonds is 4. The zero-order chi connectivity index (χ0) is 18.0. The van der Waals surface area contributed by atoms with Crippen molar-refractivity contribution in [2.45, 2.75) is 36.8 Å². The fourth-order valence-electron chi connectivity index (χ4n) is 3.34. The van der Waals surface area contributed by atoms with Gasteiger partial charge in [0.05, 0.1) is 10.9 Å². The van der Waals surface area contributed by atoms with E-state index in [1.807, 2.05) is 42.2 Å². The Labute approximate surface area is 162 Å². The van der Waals surface area contributed by atoms with E-state index >= 15 is 0 Å². The van der Waals surface area contributed by atoms with E-state index in [9.17, 15) is 4.79 Å². The van der Waals surface area contributed by atoms with Crippen molar-refractivity contribution in [1.82, 2.24) is 14.7 Å². The fraction of sp³-hybridized carbons (Fsp3) is 0.500. The van der Waals surface area contributed by atoms with E-state index in [0.717, 1.165) is 23.1 Å². The van der Waals surface area contributed by atoms with Gasteiger partial charge in [-0.05, 0) is 49.5 Å². The predicted molar refractivity (Wildman–Crippen MR) is 107 cm³/mol. The van der Waals surface area contributed by atoms with Gasteiger partial charge in [0.25, 0.3) is 0 Å². The Morgan fingerprint density at radius 1 is 1.28 bits per heavy atom. The standard InChI is InChI=1S/C18H23N3OS3/c1-12-9-13(2)11-20(10-12)16(22)14(3)24-17-19-21(18(23)25-17)15-7-5-4-6-8-15/h4-8,12-14H,9-11H2,1-3H3/t12-,13+,14-/m1/s1. The number of para-hydroxylation sites is 1. The van der Waals surface area contributed by atoms with E-state index in [-0.39, 0.29) is 11.2 Å². The predicted octanol–water partition coefficient (Wildman–Crippen LogP) is 4.65. The largest absolute Gasteiger partial charge is 0.341 e. The molecule has 0 spiro atoms. The highest BCUT2D eigenvalue weighted by atomic mass is 32.2. The summed E-state index contributed by atoms with van der Waals surface area (Å²) in [7, 11) is 0. The SMILES string of the molecule is C[C@@H]1C[C@H](C)CN(C(=O)[C@@H](C)Sc2nn(-c3ccccc3)c(=S)s2)C1. The molecule has 1 amide bonds. The van der Waals surface area contributed by atoms with Gasteiger partial charge in [-0.15, -0.1) is 5.10 Å². The van der Waals surface area contributed by atoms with Crippen molar-refractivity contribution in [2.24, 2.45) is 11.8 Å². The quantitative estimate of drug-likeness (QED) is 0.560. The van der Waals surface area contributed by atoms with Crippen molar-refractivity contribution < 1.29 is 4.79 Å². The molecule has 2 aromatic rings. The lowest BCUT2D eigenvalue weighted by molar-refractivity contribution is -0.132. The van der Waals surface area contributed by atoms with Gasteiger partial charge in [0.15, 0.2) is 8.29 Å². The van der Waals surface area contributed by atoms with Gasteiger partial charge in [0.2, 0.25) is 5.91 Å². The maximum absolute atomic E-state index is 12.8. The third-order valence-electron chi connectivity index (χ3n) is 4.34. The van der Waals surface area contributed by atoms with Crippen molar-refractivity contribution in [1.29, 1.82) is 0 Å². The molecule has 1 fully saturated rings. The van der Waals surface area contributed by atoms with Crippen LogP contribution in [-0.2, 0) is 4.79 Å². The molecule has 3 rings (SSSR count). The number of piperidine rings is 1. The van der Waals surface area contributed by atoms with Crippen LogP contribution < -0.4 is 0 Å². The summed E-state index contributed by atoms with van der Waals surface area (Å²) in [6, 6.07) is 9.86. The summed E-state index contributed by atoms with van der Waals surface area (Å²) < 4.78 is 3.31. The second-order valence-electron chi connectivity index (χ2n) is 6.83. The zero-order valence-corrected chi connectivity index (χ0v) is 17.2. The average Bonchev–Trinajstić information content (AvgIpc) is 2.94. The summed E-state index contributed by atoms with van der Waals surface area (Å²) in [6.45, 7) is 8.14. The zero-order valence-electron chi connectivity index (χ0n) is 14.7. The van der Waals surface area contributed by atoms with Crippen LogP contribution >= 0.6 is 35.3 Å². The maximum Gasteiger partial charge on any atom is 0.235 e. The van der Waals surface area contributed by atoms with Crippen LogP contribution in [0.1, 0.15) is 27.2 Å². The number of benzene rings is 1. The van der Waals surface area contributed by atoms with Gasteiger partial charge in [-0.1, -0.05) is 55.1 Å². The molecule has 1 saturated heterocycles. The van der Waals surface area contributed by atoms with E-state index in [4.69, 9.17) is 12.2 Å². The molecular formula is C18H23N3OS3. The Balaban J connectivity index is 1.70. The van der Waals surface area contributed by atoms with Crippen LogP contribution in [0.3, 0.4) is 0 Å². The van der Waals surface area contributed by atoms with Crippen LogP contribution in [0.4, 0.5) is 0 Å². The van der Waals surface area contributed by atoms with Crippen molar-refractivity contribution in [3.8, 4) is 5.69 Å². The summed E-state index contributed by atoms with van der Waals surface area (Å²) in [5, 5.41) is 4.45. The number of nitrogens with zero attached hydrogens (tertiary/aromatic N) is 3. The van der Waals surface area contributed by atoms with Crippen LogP contribution in [0.5, 0.6) is 0 Å². The van der Waals surface area contributed by atoms with Crippen molar-refractivity contribution in [3.05, 3.63) is 34.3 Å². The van der Waals surface area contributed by atoms with Crippen LogP contribution in [0, 0.1) is 15.8 Å². The molecule has 0 N–H and O–H groups in total. The lowest BCUT2D eigenvalue weighted by Crippen LogP contribution is -2.45. The molecule has 1 aliphatic heterocycles. The molecule has 1 aromatic heterocycles. The molecule has 7 heteroatoms. The van der Waals surface area contributed by atoms with Crippen LogP contribution in [-0.4, -0.2) is 38.9 Å². The number of thioether (sulfide) groups is 1. The minimum atomic E-state index is -0.151. The first-order valence-electron chi connectivity index (χ1n) is 8.55. The molecule has 134 valence electrons. The Morgan fingerprint density at radius 2 is 1.92 bits per heavy atom. The number of carbonyl (C=O) groups excluding carboxylic acids is 1. The Bertz CT molecular complexity index is 776. The minimum absolute atomic E-state index is 0.151. The molecule has 0 bridgehead atoms. The van der Waals surface area contributed by atoms with Crippen molar-refractivity contribution in [3.63, 3.8) is 0 Å². The second-order valence-corrected chi connectivity index (χ2v) is 10.0. The third-order valence-corrected chi connectivity index (χ3v) is 6.74. The van der Waals surface area contributed by atoms with E-state index in [1.54, 1.807) is 4.68 Å². The first kappa shape index (κ1) is 18.6. The van der Waals surface area contributed by atoms with Crippen molar-refractivity contribution >= 4 is 41.2 Å². The number of carbonyl (C=O) groups is 1. The molecule has 1 aliphatic rings. The number of likely N-dealkylation sites (tertiary alicyclic amines) is 1. The van der Waals surface area contributed by atoms with E-state index in [0.29, 0.717) is 15.8 Å². The fourth-order valence-corrected chi connectivity index (χ4v) is 5.93. The normalized spacial score (nSPS) is 22.0. The molecule has 25 heavy (non-hydrogen) atoms. The van der Waals surface area contributed by atoms with Gasteiger partial charge in [-0.3, -0.25) is 4.79 Å². The van der Waals surface area contributed by atoms with E-state index in [1.165, 1.54) is 29.5 Å². The molecule has 0 unspecified atom stereocenters. The summed E-state index contributed by atoms with van der Waals surface area (Å²) in [6.07, 6.45) is 1.20. The lowest BCUT2D eigenvalue weighted by Gasteiger charge is -2.36. The maximum atomic E-state index is 12.8. The molecule has 0 aliphatic carbocycles. The number of hydrogen-bond donors (Lipinski definition) is 0. The summed E-state index contributed by atoms with van der Waals surface area (Å²) in [4.78, 5) is 14.8. The monoisotopic (exact) mass is 393 g/mol. The van der Waals surface area contributed by atoms with Gasteiger partial charge < -0.3 is 4.90 Å². The molecule has 1 aromatic carbocycles. The molecular weight excluding hydrogens is 370 g/mol. The number of hydrogen-bond acceptors (Lipinski definition) is 5. The second kappa shape index (κ2) is 8.01. The van der Waals surface area contributed by atoms with Gasteiger partial charge >= 0.3 is 0 Å². The van der Waals surface area contributed by atoms with Gasteiger partial charge in [0.1, 0.15) is 0 Å². The molecule has 0 saturated carbocycles. The van der Waals surface area contributed by atoms with Gasteiger partial charge in [-0.2, -0.15) is 0 Å². The topological polar surface area (TPSA) is 38.1 Å². The van der Waals surface area contributed by atoms with Crippen molar-refractivity contribution in [2.75, 3.05) is 13.1 Å². The Morgan fingerprint density at radius 3 is 2.56 bits per heavy atom. The minimum Gasteiger partial charge on any atom is -0.341 e. The Hall–Kier alpha value is -1.18. The number of amides is 1. The Kier molecular flexibility index (Phi) is 5.96. The van der Waals surface area contributed by atoms with Gasteiger partial charge in [0, 0.05) is 13.1 Å². The number of aromatic nitrogens is 2. The third kappa shape index (κ3) is 4.51. The first-order valence-corrected chi connectivity index (χ1v) is 10.7. The van der Waals surface area contributed by atoms with Crippen LogP contribution in [0.2, 0.25) is 0 Å². The van der Waals surface area contributed by atoms with E-state index < -0.39 is 0 Å².